The Morgan fingerprint density at radius 3 is 2.46 bits per heavy atom. The van der Waals surface area contributed by atoms with Gasteiger partial charge in [0.25, 0.3) is 5.91 Å². The second kappa shape index (κ2) is 9.68. The van der Waals surface area contributed by atoms with Crippen LogP contribution >= 0.6 is 11.6 Å². The molecule has 136 valence electrons. The van der Waals surface area contributed by atoms with Crippen LogP contribution in [0.4, 0.5) is 4.39 Å². The smallest absolute Gasteiger partial charge is 0.306 e. The molecule has 0 aliphatic rings. The first-order valence-corrected chi connectivity index (χ1v) is 8.27. The number of rotatable bonds is 8. The minimum Gasteiger partial charge on any atom is -0.456 e. The summed E-state index contributed by atoms with van der Waals surface area (Å²) in [4.78, 5) is 35.2. The van der Waals surface area contributed by atoms with Crippen molar-refractivity contribution in [2.45, 2.75) is 19.4 Å². The van der Waals surface area contributed by atoms with E-state index in [-0.39, 0.29) is 25.2 Å². The van der Waals surface area contributed by atoms with Crippen LogP contribution in [0.25, 0.3) is 0 Å². The maximum atomic E-state index is 12.8. The third-order valence-corrected chi connectivity index (χ3v) is 3.70. The molecule has 2 aromatic rings. The van der Waals surface area contributed by atoms with Gasteiger partial charge in [-0.1, -0.05) is 23.7 Å². The number of carbonyl (C=O) groups is 3. The normalized spacial score (nSPS) is 10.2. The molecule has 0 aliphatic heterocycles. The zero-order chi connectivity index (χ0) is 18.9. The summed E-state index contributed by atoms with van der Waals surface area (Å²) < 4.78 is 17.6. The van der Waals surface area contributed by atoms with E-state index in [4.69, 9.17) is 16.3 Å². The van der Waals surface area contributed by atoms with Gasteiger partial charge < -0.3 is 10.1 Å². The number of ether oxygens (including phenoxy) is 1. The second-order valence-corrected chi connectivity index (χ2v) is 5.93. The van der Waals surface area contributed by atoms with Gasteiger partial charge in [-0.15, -0.1) is 0 Å². The largest absolute Gasteiger partial charge is 0.456 e. The Labute approximate surface area is 155 Å². The van der Waals surface area contributed by atoms with E-state index in [1.165, 1.54) is 24.3 Å². The molecule has 1 N–H and O–H groups in total. The molecule has 2 aromatic carbocycles. The Bertz CT molecular complexity index is 792. The summed E-state index contributed by atoms with van der Waals surface area (Å²) in [5.74, 6) is -1.85. The zero-order valence-electron chi connectivity index (χ0n) is 13.8. The van der Waals surface area contributed by atoms with Crippen molar-refractivity contribution in [3.63, 3.8) is 0 Å². The Morgan fingerprint density at radius 2 is 1.77 bits per heavy atom. The van der Waals surface area contributed by atoms with Crippen LogP contribution in [0.5, 0.6) is 0 Å². The van der Waals surface area contributed by atoms with E-state index in [2.05, 4.69) is 5.32 Å². The number of benzene rings is 2. The van der Waals surface area contributed by atoms with Crippen molar-refractivity contribution < 1.29 is 23.5 Å². The van der Waals surface area contributed by atoms with Gasteiger partial charge in [-0.3, -0.25) is 14.4 Å². The molecular formula is C19H17ClFNO4. The molecule has 0 spiro atoms. The van der Waals surface area contributed by atoms with Gasteiger partial charge in [0.15, 0.2) is 12.4 Å². The van der Waals surface area contributed by atoms with Crippen molar-refractivity contribution in [2.24, 2.45) is 0 Å². The van der Waals surface area contributed by atoms with E-state index in [0.717, 1.165) is 5.56 Å². The van der Waals surface area contributed by atoms with Crippen molar-refractivity contribution in [1.82, 2.24) is 5.32 Å². The standard InChI is InChI=1S/C19H17ClFNO4/c20-15-3-1-2-13(10-15)11-22-18(24)12-26-19(25)9-8-17(23)14-4-6-16(21)7-5-14/h1-7,10H,8-9,11-12H2,(H,22,24). The van der Waals surface area contributed by atoms with Crippen LogP contribution in [0.15, 0.2) is 48.5 Å². The summed E-state index contributed by atoms with van der Waals surface area (Å²) in [6.07, 6.45) is -0.230. The van der Waals surface area contributed by atoms with Gasteiger partial charge in [-0.2, -0.15) is 0 Å². The van der Waals surface area contributed by atoms with Crippen LogP contribution in [-0.2, 0) is 20.9 Å². The van der Waals surface area contributed by atoms with E-state index >= 15 is 0 Å². The van der Waals surface area contributed by atoms with E-state index in [0.29, 0.717) is 10.6 Å². The fourth-order valence-electron chi connectivity index (χ4n) is 2.11. The number of Topliss-reactive ketones (excluding diaryl/α,β-unsaturated/α-hetero) is 1. The molecular weight excluding hydrogens is 361 g/mol. The molecule has 0 heterocycles. The Morgan fingerprint density at radius 1 is 1.04 bits per heavy atom. The molecule has 0 saturated heterocycles. The van der Waals surface area contributed by atoms with Crippen LogP contribution < -0.4 is 5.32 Å². The summed E-state index contributed by atoms with van der Waals surface area (Å²) in [5.41, 5.74) is 1.14. The zero-order valence-corrected chi connectivity index (χ0v) is 14.6. The molecule has 1 amide bonds. The molecule has 7 heteroatoms. The number of amides is 1. The minimum absolute atomic E-state index is 0.0748. The summed E-state index contributed by atoms with van der Waals surface area (Å²) >= 11 is 5.85. The predicted octanol–water partition coefficient (Wildman–Crippen LogP) is 3.30. The van der Waals surface area contributed by atoms with Crippen LogP contribution in [0.3, 0.4) is 0 Å². The van der Waals surface area contributed by atoms with E-state index in [9.17, 15) is 18.8 Å². The average molecular weight is 378 g/mol. The lowest BCUT2D eigenvalue weighted by Crippen LogP contribution is -2.28. The number of esters is 1. The van der Waals surface area contributed by atoms with Gasteiger partial charge in [-0.05, 0) is 42.0 Å². The van der Waals surface area contributed by atoms with Gasteiger partial charge in [0, 0.05) is 23.6 Å². The number of nitrogens with one attached hydrogen (secondary N) is 1. The maximum Gasteiger partial charge on any atom is 0.306 e. The van der Waals surface area contributed by atoms with Gasteiger partial charge in [0.1, 0.15) is 5.82 Å². The minimum atomic E-state index is -0.654. The number of hydrogen-bond donors (Lipinski definition) is 1. The van der Waals surface area contributed by atoms with Gasteiger partial charge >= 0.3 is 5.97 Å². The monoisotopic (exact) mass is 377 g/mol. The van der Waals surface area contributed by atoms with Crippen molar-refractivity contribution in [3.8, 4) is 0 Å². The lowest BCUT2D eigenvalue weighted by atomic mass is 10.1. The van der Waals surface area contributed by atoms with Crippen LogP contribution in [0.1, 0.15) is 28.8 Å². The summed E-state index contributed by atoms with van der Waals surface area (Å²) in [6.45, 7) is -0.163. The maximum absolute atomic E-state index is 12.8. The average Bonchev–Trinajstić information content (AvgIpc) is 2.63. The second-order valence-electron chi connectivity index (χ2n) is 5.50. The fraction of sp³-hybridized carbons (Fsp3) is 0.211. The molecule has 0 unspecified atom stereocenters. The van der Waals surface area contributed by atoms with Crippen LogP contribution in [-0.4, -0.2) is 24.3 Å². The van der Waals surface area contributed by atoms with Crippen molar-refractivity contribution >= 4 is 29.3 Å². The Hall–Kier alpha value is -2.73. The molecule has 5 nitrogen and oxygen atoms in total. The first-order valence-electron chi connectivity index (χ1n) is 7.89. The third kappa shape index (κ3) is 6.64. The van der Waals surface area contributed by atoms with Crippen LogP contribution in [0, 0.1) is 5.82 Å². The Kier molecular flexibility index (Phi) is 7.29. The topological polar surface area (TPSA) is 72.5 Å². The number of hydrogen-bond acceptors (Lipinski definition) is 4. The first-order chi connectivity index (χ1) is 12.4. The fourth-order valence-corrected chi connectivity index (χ4v) is 2.33. The van der Waals surface area contributed by atoms with Crippen molar-refractivity contribution in [2.75, 3.05) is 6.61 Å². The molecule has 2 rings (SSSR count). The van der Waals surface area contributed by atoms with Crippen molar-refractivity contribution in [1.29, 1.82) is 0 Å². The number of carbonyl (C=O) groups excluding carboxylic acids is 3. The summed E-state index contributed by atoms with van der Waals surface area (Å²) in [7, 11) is 0. The highest BCUT2D eigenvalue weighted by Gasteiger charge is 2.12. The highest BCUT2D eigenvalue weighted by Crippen LogP contribution is 2.10. The predicted molar refractivity (Wildman–Crippen MR) is 94.2 cm³/mol. The first kappa shape index (κ1) is 19.6. The Balaban J connectivity index is 1.67. The van der Waals surface area contributed by atoms with E-state index in [1.54, 1.807) is 24.3 Å². The van der Waals surface area contributed by atoms with Gasteiger partial charge in [0.05, 0.1) is 6.42 Å². The van der Waals surface area contributed by atoms with E-state index in [1.807, 2.05) is 0 Å². The quantitative estimate of drug-likeness (QED) is 0.566. The molecule has 0 aromatic heterocycles. The molecule has 0 saturated carbocycles. The molecule has 0 fully saturated rings. The van der Waals surface area contributed by atoms with Gasteiger partial charge in [0.2, 0.25) is 0 Å². The SMILES string of the molecule is O=C(COC(=O)CCC(=O)c1ccc(F)cc1)NCc1cccc(Cl)c1. The highest BCUT2D eigenvalue weighted by atomic mass is 35.5. The number of ketones is 1. The molecule has 0 atom stereocenters. The molecule has 0 radical (unpaired) electrons. The summed E-state index contributed by atoms with van der Waals surface area (Å²) in [6, 6.07) is 12.1. The molecule has 0 aliphatic carbocycles. The highest BCUT2D eigenvalue weighted by molar-refractivity contribution is 6.30. The number of halogens is 2. The lowest BCUT2D eigenvalue weighted by molar-refractivity contribution is -0.148. The van der Waals surface area contributed by atoms with Gasteiger partial charge in [-0.25, -0.2) is 4.39 Å². The summed E-state index contributed by atoms with van der Waals surface area (Å²) in [5, 5.41) is 3.16. The van der Waals surface area contributed by atoms with Crippen molar-refractivity contribution in [3.05, 3.63) is 70.5 Å². The molecule has 26 heavy (non-hydrogen) atoms. The van der Waals surface area contributed by atoms with E-state index < -0.39 is 24.3 Å². The third-order valence-electron chi connectivity index (χ3n) is 3.47. The lowest BCUT2D eigenvalue weighted by Gasteiger charge is -2.07. The molecule has 0 bridgehead atoms. The van der Waals surface area contributed by atoms with Crippen LogP contribution in [0.2, 0.25) is 5.02 Å².